The molecule has 100 valence electrons. The van der Waals surface area contributed by atoms with E-state index in [9.17, 15) is 8.78 Å². The maximum absolute atomic E-state index is 13.9. The van der Waals surface area contributed by atoms with Crippen LogP contribution in [0.2, 0.25) is 0 Å². The lowest BCUT2D eigenvalue weighted by Gasteiger charge is -2.19. The lowest BCUT2D eigenvalue weighted by Crippen LogP contribution is -2.20. The van der Waals surface area contributed by atoms with Crippen molar-refractivity contribution in [3.63, 3.8) is 0 Å². The van der Waals surface area contributed by atoms with Crippen LogP contribution in [-0.2, 0) is 0 Å². The summed E-state index contributed by atoms with van der Waals surface area (Å²) in [6, 6.07) is 9.05. The van der Waals surface area contributed by atoms with Gasteiger partial charge in [0.1, 0.15) is 11.6 Å². The third-order valence-corrected chi connectivity index (χ3v) is 3.98. The van der Waals surface area contributed by atoms with Crippen LogP contribution in [0.4, 0.5) is 8.78 Å². The maximum Gasteiger partial charge on any atom is 0.131 e. The molecule has 0 saturated heterocycles. The topological polar surface area (TPSA) is 12.0 Å². The Kier molecular flexibility index (Phi) is 4.32. The number of rotatable bonds is 3. The van der Waals surface area contributed by atoms with Gasteiger partial charge in [0.05, 0.1) is 6.04 Å². The Labute approximate surface area is 119 Å². The summed E-state index contributed by atoms with van der Waals surface area (Å²) in [5.74, 6) is -1.08. The van der Waals surface area contributed by atoms with Crippen LogP contribution >= 0.6 is 15.9 Å². The van der Waals surface area contributed by atoms with E-state index >= 15 is 0 Å². The molecule has 2 aromatic rings. The molecule has 0 amide bonds. The molecule has 0 spiro atoms. The van der Waals surface area contributed by atoms with Crippen LogP contribution in [0.1, 0.15) is 22.7 Å². The Morgan fingerprint density at radius 2 is 1.74 bits per heavy atom. The second kappa shape index (κ2) is 5.80. The Bertz CT molecular complexity index is 578. The van der Waals surface area contributed by atoms with Crippen LogP contribution in [0.3, 0.4) is 0 Å². The summed E-state index contributed by atoms with van der Waals surface area (Å²) < 4.78 is 28.7. The van der Waals surface area contributed by atoms with Gasteiger partial charge in [-0.05, 0) is 43.3 Å². The average Bonchev–Trinajstić information content (AvgIpc) is 2.37. The Morgan fingerprint density at radius 1 is 1.11 bits per heavy atom. The van der Waals surface area contributed by atoms with Crippen molar-refractivity contribution in [1.29, 1.82) is 0 Å². The van der Waals surface area contributed by atoms with Crippen LogP contribution in [0.5, 0.6) is 0 Å². The Hall–Kier alpha value is -1.26. The monoisotopic (exact) mass is 325 g/mol. The molecule has 0 heterocycles. The van der Waals surface area contributed by atoms with E-state index in [1.54, 1.807) is 7.05 Å². The number of halogens is 3. The van der Waals surface area contributed by atoms with Crippen molar-refractivity contribution in [3.8, 4) is 0 Å². The molecule has 0 fully saturated rings. The molecule has 0 aliphatic rings. The molecule has 1 N–H and O–H groups in total. The van der Waals surface area contributed by atoms with Crippen LogP contribution in [0.25, 0.3) is 0 Å². The Balaban J connectivity index is 2.53. The highest BCUT2D eigenvalue weighted by molar-refractivity contribution is 9.10. The first-order valence-electron chi connectivity index (χ1n) is 5.92. The van der Waals surface area contributed by atoms with Crippen LogP contribution in [0.15, 0.2) is 40.9 Å². The number of nitrogens with one attached hydrogen (secondary N) is 1. The highest BCUT2D eigenvalue weighted by Crippen LogP contribution is 2.29. The van der Waals surface area contributed by atoms with Crippen molar-refractivity contribution in [3.05, 3.63) is 69.2 Å². The lowest BCUT2D eigenvalue weighted by molar-refractivity contribution is 0.522. The van der Waals surface area contributed by atoms with Crippen molar-refractivity contribution in [1.82, 2.24) is 5.32 Å². The second-order valence-electron chi connectivity index (χ2n) is 4.37. The minimum absolute atomic E-state index is 0.0479. The van der Waals surface area contributed by atoms with Gasteiger partial charge in [-0.1, -0.05) is 34.1 Å². The molecular formula is C15H14BrF2N. The molecule has 2 rings (SSSR count). The minimum atomic E-state index is -0.542. The number of hydrogen-bond acceptors (Lipinski definition) is 1. The molecule has 0 saturated carbocycles. The van der Waals surface area contributed by atoms with E-state index < -0.39 is 17.7 Å². The van der Waals surface area contributed by atoms with E-state index in [1.165, 1.54) is 18.2 Å². The molecule has 1 nitrogen and oxygen atoms in total. The third kappa shape index (κ3) is 2.85. The average molecular weight is 326 g/mol. The summed E-state index contributed by atoms with van der Waals surface area (Å²) >= 11 is 3.42. The van der Waals surface area contributed by atoms with Gasteiger partial charge < -0.3 is 5.32 Å². The van der Waals surface area contributed by atoms with Gasteiger partial charge in [-0.2, -0.15) is 0 Å². The van der Waals surface area contributed by atoms with Crippen molar-refractivity contribution in [2.24, 2.45) is 0 Å². The molecule has 1 unspecified atom stereocenters. The molecule has 0 aliphatic heterocycles. The second-order valence-corrected chi connectivity index (χ2v) is 5.22. The highest BCUT2D eigenvalue weighted by atomic mass is 79.9. The summed E-state index contributed by atoms with van der Waals surface area (Å²) in [5, 5.41) is 2.97. The van der Waals surface area contributed by atoms with E-state index in [2.05, 4.69) is 21.2 Å². The minimum Gasteiger partial charge on any atom is -0.309 e. The van der Waals surface area contributed by atoms with E-state index in [1.807, 2.05) is 25.1 Å². The molecule has 1 atom stereocenters. The first-order chi connectivity index (χ1) is 9.04. The number of hydrogen-bond donors (Lipinski definition) is 1. The zero-order chi connectivity index (χ0) is 14.0. The summed E-state index contributed by atoms with van der Waals surface area (Å²) in [6.07, 6.45) is 0. The van der Waals surface area contributed by atoms with Gasteiger partial charge in [-0.15, -0.1) is 0 Å². The van der Waals surface area contributed by atoms with Crippen molar-refractivity contribution < 1.29 is 8.78 Å². The standard InChI is InChI=1S/C15H14BrF2N/c1-9-8-10(6-7-11(9)16)15(19-2)14-12(17)4-3-5-13(14)18/h3-8,15,19H,1-2H3. The first kappa shape index (κ1) is 14.2. The Morgan fingerprint density at radius 3 is 2.26 bits per heavy atom. The SMILES string of the molecule is CNC(c1ccc(Br)c(C)c1)c1c(F)cccc1F. The van der Waals surface area contributed by atoms with E-state index in [0.717, 1.165) is 15.6 Å². The van der Waals surface area contributed by atoms with Gasteiger partial charge in [-0.3, -0.25) is 0 Å². The smallest absolute Gasteiger partial charge is 0.131 e. The zero-order valence-corrected chi connectivity index (χ0v) is 12.3. The van der Waals surface area contributed by atoms with Crippen LogP contribution in [0, 0.1) is 18.6 Å². The molecule has 4 heteroatoms. The number of aryl methyl sites for hydroxylation is 1. The van der Waals surface area contributed by atoms with Gasteiger partial charge in [0, 0.05) is 10.0 Å². The van der Waals surface area contributed by atoms with Gasteiger partial charge in [0.15, 0.2) is 0 Å². The van der Waals surface area contributed by atoms with Crippen LogP contribution < -0.4 is 5.32 Å². The predicted octanol–water partition coefficient (Wildman–Crippen LogP) is 4.34. The fourth-order valence-electron chi connectivity index (χ4n) is 2.11. The van der Waals surface area contributed by atoms with E-state index in [0.29, 0.717) is 0 Å². The van der Waals surface area contributed by atoms with Gasteiger partial charge in [0.25, 0.3) is 0 Å². The molecule has 0 radical (unpaired) electrons. The van der Waals surface area contributed by atoms with Crippen molar-refractivity contribution in [2.75, 3.05) is 7.05 Å². The quantitative estimate of drug-likeness (QED) is 0.884. The predicted molar refractivity (Wildman–Crippen MR) is 76.1 cm³/mol. The summed E-state index contributed by atoms with van der Waals surface area (Å²) in [6.45, 7) is 1.94. The van der Waals surface area contributed by atoms with Gasteiger partial charge >= 0.3 is 0 Å². The van der Waals surface area contributed by atoms with Crippen molar-refractivity contribution in [2.45, 2.75) is 13.0 Å². The lowest BCUT2D eigenvalue weighted by atomic mass is 9.96. The third-order valence-electron chi connectivity index (χ3n) is 3.09. The normalized spacial score (nSPS) is 12.5. The zero-order valence-electron chi connectivity index (χ0n) is 10.7. The number of benzene rings is 2. The summed E-state index contributed by atoms with van der Waals surface area (Å²) in [7, 11) is 1.69. The molecule has 19 heavy (non-hydrogen) atoms. The molecule has 2 aromatic carbocycles. The summed E-state index contributed by atoms with van der Waals surface area (Å²) in [5.41, 5.74) is 1.90. The maximum atomic E-state index is 13.9. The summed E-state index contributed by atoms with van der Waals surface area (Å²) in [4.78, 5) is 0. The first-order valence-corrected chi connectivity index (χ1v) is 6.71. The highest BCUT2D eigenvalue weighted by Gasteiger charge is 2.20. The fourth-order valence-corrected chi connectivity index (χ4v) is 2.36. The van der Waals surface area contributed by atoms with E-state index in [-0.39, 0.29) is 5.56 Å². The molecular weight excluding hydrogens is 312 g/mol. The van der Waals surface area contributed by atoms with Crippen molar-refractivity contribution >= 4 is 15.9 Å². The molecule has 0 aromatic heterocycles. The largest absolute Gasteiger partial charge is 0.309 e. The van der Waals surface area contributed by atoms with E-state index in [4.69, 9.17) is 0 Å². The fraction of sp³-hybridized carbons (Fsp3) is 0.200. The van der Waals surface area contributed by atoms with Gasteiger partial charge in [0.2, 0.25) is 0 Å². The molecule has 0 bridgehead atoms. The van der Waals surface area contributed by atoms with Crippen LogP contribution in [-0.4, -0.2) is 7.05 Å². The van der Waals surface area contributed by atoms with Gasteiger partial charge in [-0.25, -0.2) is 8.78 Å². The molecule has 0 aliphatic carbocycles.